The van der Waals surface area contributed by atoms with Crippen molar-refractivity contribution in [2.75, 3.05) is 5.32 Å². The monoisotopic (exact) mass is 273 g/mol. The van der Waals surface area contributed by atoms with Crippen molar-refractivity contribution < 1.29 is 9.53 Å². The first-order valence-corrected chi connectivity index (χ1v) is 6.54. The lowest BCUT2D eigenvalue weighted by molar-refractivity contribution is 0.102. The predicted molar refractivity (Wildman–Crippen MR) is 78.1 cm³/mol. The van der Waals surface area contributed by atoms with Gasteiger partial charge in [-0.15, -0.1) is 0 Å². The maximum atomic E-state index is 12.1. The number of benzene rings is 1. The molecule has 1 heterocycles. The fourth-order valence-electron chi connectivity index (χ4n) is 1.81. The highest BCUT2D eigenvalue weighted by molar-refractivity contribution is 6.04. The molecule has 5 heteroatoms. The van der Waals surface area contributed by atoms with Crippen LogP contribution in [0.25, 0.3) is 0 Å². The topological polar surface area (TPSA) is 56.1 Å². The quantitative estimate of drug-likeness (QED) is 0.932. The molecule has 2 aromatic rings. The lowest BCUT2D eigenvalue weighted by Crippen LogP contribution is -2.13. The Balaban J connectivity index is 2.06. The summed E-state index contributed by atoms with van der Waals surface area (Å²) in [5, 5.41) is 6.91. The third-order valence-corrected chi connectivity index (χ3v) is 2.96. The minimum atomic E-state index is -0.159. The van der Waals surface area contributed by atoms with Gasteiger partial charge < -0.3 is 10.1 Å². The van der Waals surface area contributed by atoms with Gasteiger partial charge in [0.25, 0.3) is 5.91 Å². The summed E-state index contributed by atoms with van der Waals surface area (Å²) in [4.78, 5) is 12.1. The molecule has 1 N–H and O–H groups in total. The molecule has 0 saturated carbocycles. The van der Waals surface area contributed by atoms with E-state index in [2.05, 4.69) is 10.4 Å². The van der Waals surface area contributed by atoms with Crippen molar-refractivity contribution in [3.8, 4) is 5.75 Å². The van der Waals surface area contributed by atoms with Crippen molar-refractivity contribution in [1.82, 2.24) is 9.78 Å². The molecule has 0 aliphatic carbocycles. The van der Waals surface area contributed by atoms with Gasteiger partial charge in [-0.2, -0.15) is 5.10 Å². The summed E-state index contributed by atoms with van der Waals surface area (Å²) in [5.41, 5.74) is 2.15. The van der Waals surface area contributed by atoms with Crippen molar-refractivity contribution in [3.05, 3.63) is 41.7 Å². The summed E-state index contributed by atoms with van der Waals surface area (Å²) in [6, 6.07) is 7.32. The van der Waals surface area contributed by atoms with Crippen LogP contribution in [-0.2, 0) is 7.05 Å². The standard InChI is InChI=1S/C15H19N3O2/c1-10(2)20-13-7-5-12(6-8-13)17-15(19)14-9-16-18(4)11(14)3/h5-10H,1-4H3,(H,17,19). The van der Waals surface area contributed by atoms with Crippen LogP contribution in [0.4, 0.5) is 5.69 Å². The lowest BCUT2D eigenvalue weighted by atomic mass is 10.2. The molecule has 0 aliphatic rings. The number of hydrogen-bond donors (Lipinski definition) is 1. The zero-order valence-corrected chi connectivity index (χ0v) is 12.2. The molecular weight excluding hydrogens is 254 g/mol. The molecule has 1 aromatic carbocycles. The fraction of sp³-hybridized carbons (Fsp3) is 0.333. The Morgan fingerprint density at radius 2 is 1.95 bits per heavy atom. The molecule has 0 radical (unpaired) electrons. The van der Waals surface area contributed by atoms with Crippen LogP contribution >= 0.6 is 0 Å². The second-order valence-corrected chi connectivity index (χ2v) is 4.91. The highest BCUT2D eigenvalue weighted by Crippen LogP contribution is 2.18. The third-order valence-electron chi connectivity index (χ3n) is 2.96. The highest BCUT2D eigenvalue weighted by Gasteiger charge is 2.12. The molecule has 0 atom stereocenters. The van der Waals surface area contributed by atoms with Crippen molar-refractivity contribution >= 4 is 11.6 Å². The molecule has 0 bridgehead atoms. The normalized spacial score (nSPS) is 10.7. The average Bonchev–Trinajstić information content (AvgIpc) is 2.72. The number of anilines is 1. The summed E-state index contributed by atoms with van der Waals surface area (Å²) < 4.78 is 7.23. The van der Waals surface area contributed by atoms with Crippen molar-refractivity contribution in [3.63, 3.8) is 0 Å². The van der Waals surface area contributed by atoms with E-state index in [0.29, 0.717) is 5.56 Å². The van der Waals surface area contributed by atoms with Crippen LogP contribution in [0, 0.1) is 6.92 Å². The van der Waals surface area contributed by atoms with E-state index in [1.807, 2.05) is 52.1 Å². The van der Waals surface area contributed by atoms with Gasteiger partial charge in [-0.1, -0.05) is 0 Å². The predicted octanol–water partition coefficient (Wildman–Crippen LogP) is 2.77. The first kappa shape index (κ1) is 14.1. The van der Waals surface area contributed by atoms with E-state index in [1.165, 1.54) is 0 Å². The number of nitrogens with one attached hydrogen (secondary N) is 1. The molecule has 5 nitrogen and oxygen atoms in total. The van der Waals surface area contributed by atoms with Gasteiger partial charge in [-0.3, -0.25) is 9.48 Å². The summed E-state index contributed by atoms with van der Waals surface area (Å²) in [6.07, 6.45) is 1.70. The second-order valence-electron chi connectivity index (χ2n) is 4.91. The first-order valence-electron chi connectivity index (χ1n) is 6.54. The summed E-state index contributed by atoms with van der Waals surface area (Å²) in [6.45, 7) is 5.81. The van der Waals surface area contributed by atoms with Crippen molar-refractivity contribution in [2.24, 2.45) is 7.05 Å². The minimum Gasteiger partial charge on any atom is -0.491 e. The number of aryl methyl sites for hydroxylation is 1. The molecule has 0 unspecified atom stereocenters. The van der Waals surface area contributed by atoms with E-state index in [-0.39, 0.29) is 12.0 Å². The molecule has 0 fully saturated rings. The van der Waals surface area contributed by atoms with Crippen molar-refractivity contribution in [2.45, 2.75) is 26.9 Å². The molecule has 0 spiro atoms. The van der Waals surface area contributed by atoms with Crippen LogP contribution in [0.15, 0.2) is 30.5 Å². The van der Waals surface area contributed by atoms with Crippen LogP contribution in [0.3, 0.4) is 0 Å². The smallest absolute Gasteiger partial charge is 0.259 e. The van der Waals surface area contributed by atoms with Crippen LogP contribution in [0.2, 0.25) is 0 Å². The van der Waals surface area contributed by atoms with E-state index in [1.54, 1.807) is 10.9 Å². The largest absolute Gasteiger partial charge is 0.491 e. The van der Waals surface area contributed by atoms with Gasteiger partial charge in [0.2, 0.25) is 0 Å². The Labute approximate surface area is 118 Å². The molecule has 1 aromatic heterocycles. The lowest BCUT2D eigenvalue weighted by Gasteiger charge is -2.10. The summed E-state index contributed by atoms with van der Waals surface area (Å²) in [5.74, 6) is 0.628. The number of aromatic nitrogens is 2. The number of ether oxygens (including phenoxy) is 1. The van der Waals surface area contributed by atoms with Crippen LogP contribution in [0.5, 0.6) is 5.75 Å². The second kappa shape index (κ2) is 5.77. The van der Waals surface area contributed by atoms with Crippen LogP contribution in [0.1, 0.15) is 29.9 Å². The van der Waals surface area contributed by atoms with E-state index >= 15 is 0 Å². The molecule has 0 aliphatic heterocycles. The minimum absolute atomic E-state index is 0.133. The number of hydrogen-bond acceptors (Lipinski definition) is 3. The van der Waals surface area contributed by atoms with E-state index in [0.717, 1.165) is 17.1 Å². The molecule has 0 saturated heterocycles. The Hall–Kier alpha value is -2.30. The molecule has 1 amide bonds. The van der Waals surface area contributed by atoms with Gasteiger partial charge in [-0.05, 0) is 45.0 Å². The maximum absolute atomic E-state index is 12.1. The number of nitrogens with zero attached hydrogens (tertiary/aromatic N) is 2. The van der Waals surface area contributed by atoms with Gasteiger partial charge in [0.1, 0.15) is 5.75 Å². The van der Waals surface area contributed by atoms with Crippen LogP contribution in [-0.4, -0.2) is 21.8 Å². The highest BCUT2D eigenvalue weighted by atomic mass is 16.5. The molecular formula is C15H19N3O2. The Morgan fingerprint density at radius 1 is 1.30 bits per heavy atom. The van der Waals surface area contributed by atoms with Crippen LogP contribution < -0.4 is 10.1 Å². The molecule has 20 heavy (non-hydrogen) atoms. The summed E-state index contributed by atoms with van der Waals surface area (Å²) in [7, 11) is 1.81. The van der Waals surface area contributed by atoms with Gasteiger partial charge in [-0.25, -0.2) is 0 Å². The SMILES string of the molecule is Cc1c(C(=O)Nc2ccc(OC(C)C)cc2)cnn1C. The van der Waals surface area contributed by atoms with Crippen molar-refractivity contribution in [1.29, 1.82) is 0 Å². The fourth-order valence-corrected chi connectivity index (χ4v) is 1.81. The van der Waals surface area contributed by atoms with Gasteiger partial charge in [0.05, 0.1) is 17.9 Å². The van der Waals surface area contributed by atoms with E-state index in [4.69, 9.17) is 4.74 Å². The molecule has 2 rings (SSSR count). The van der Waals surface area contributed by atoms with Gasteiger partial charge in [0, 0.05) is 18.4 Å². The maximum Gasteiger partial charge on any atom is 0.259 e. The number of carbonyl (C=O) groups excluding carboxylic acids is 1. The number of carbonyl (C=O) groups is 1. The number of rotatable bonds is 4. The Kier molecular flexibility index (Phi) is 4.08. The Bertz CT molecular complexity index is 600. The zero-order chi connectivity index (χ0) is 14.7. The zero-order valence-electron chi connectivity index (χ0n) is 12.2. The van der Waals surface area contributed by atoms with Gasteiger partial charge in [0.15, 0.2) is 0 Å². The average molecular weight is 273 g/mol. The third kappa shape index (κ3) is 3.17. The number of amides is 1. The summed E-state index contributed by atoms with van der Waals surface area (Å²) >= 11 is 0. The first-order chi connectivity index (χ1) is 9.47. The Morgan fingerprint density at radius 3 is 2.45 bits per heavy atom. The van der Waals surface area contributed by atoms with E-state index < -0.39 is 0 Å². The van der Waals surface area contributed by atoms with E-state index in [9.17, 15) is 4.79 Å². The molecule has 106 valence electrons. The van der Waals surface area contributed by atoms with Gasteiger partial charge >= 0.3 is 0 Å².